The zero-order chi connectivity index (χ0) is 14.8. The van der Waals surface area contributed by atoms with E-state index in [9.17, 15) is 9.90 Å². The number of fused-ring (bicyclic) bond motifs is 1. The van der Waals surface area contributed by atoms with Gasteiger partial charge in [-0.1, -0.05) is 35.9 Å². The van der Waals surface area contributed by atoms with Crippen molar-refractivity contribution in [2.75, 3.05) is 11.4 Å². The molecule has 3 rings (SSSR count). The van der Waals surface area contributed by atoms with Crippen molar-refractivity contribution in [1.82, 2.24) is 0 Å². The van der Waals surface area contributed by atoms with Gasteiger partial charge in [-0.3, -0.25) is 0 Å². The van der Waals surface area contributed by atoms with Crippen LogP contribution in [-0.4, -0.2) is 17.6 Å². The van der Waals surface area contributed by atoms with Crippen LogP contribution >= 0.6 is 11.6 Å². The van der Waals surface area contributed by atoms with E-state index in [0.717, 1.165) is 31.5 Å². The Balaban J connectivity index is 2.19. The second-order valence-corrected chi connectivity index (χ2v) is 5.59. The van der Waals surface area contributed by atoms with Crippen molar-refractivity contribution in [3.05, 3.63) is 58.6 Å². The molecule has 1 aliphatic heterocycles. The highest BCUT2D eigenvalue weighted by Crippen LogP contribution is 2.38. The predicted octanol–water partition coefficient (Wildman–Crippen LogP) is 4.51. The van der Waals surface area contributed by atoms with Crippen LogP contribution in [0.1, 0.15) is 28.8 Å². The third-order valence-corrected chi connectivity index (χ3v) is 4.15. The first-order chi connectivity index (χ1) is 10.2. The molecular weight excluding hydrogens is 286 g/mol. The van der Waals surface area contributed by atoms with E-state index in [-0.39, 0.29) is 5.56 Å². The lowest BCUT2D eigenvalue weighted by molar-refractivity contribution is 0.0697. The Hall–Kier alpha value is -2.00. The highest BCUT2D eigenvalue weighted by atomic mass is 35.5. The average molecular weight is 302 g/mol. The van der Waals surface area contributed by atoms with Crippen molar-refractivity contribution in [2.45, 2.75) is 19.3 Å². The molecule has 0 aromatic heterocycles. The molecule has 108 valence electrons. The van der Waals surface area contributed by atoms with Gasteiger partial charge in [0.05, 0.1) is 16.3 Å². The summed E-state index contributed by atoms with van der Waals surface area (Å²) in [5.74, 6) is -0.950. The van der Waals surface area contributed by atoms with Gasteiger partial charge in [-0.05, 0) is 43.0 Å². The van der Waals surface area contributed by atoms with Gasteiger partial charge in [0.1, 0.15) is 0 Å². The maximum absolute atomic E-state index is 11.5. The summed E-state index contributed by atoms with van der Waals surface area (Å²) in [5.41, 5.74) is 3.15. The van der Waals surface area contributed by atoms with E-state index in [1.807, 2.05) is 23.1 Å². The monoisotopic (exact) mass is 301 g/mol. The van der Waals surface area contributed by atoms with Gasteiger partial charge < -0.3 is 10.0 Å². The van der Waals surface area contributed by atoms with E-state index in [0.29, 0.717) is 10.7 Å². The summed E-state index contributed by atoms with van der Waals surface area (Å²) >= 11 is 6.32. The number of halogens is 1. The largest absolute Gasteiger partial charge is 0.478 e. The molecule has 3 nitrogen and oxygen atoms in total. The molecule has 0 radical (unpaired) electrons. The minimum atomic E-state index is -0.950. The number of hydrogen-bond donors (Lipinski definition) is 1. The molecule has 4 heteroatoms. The molecule has 1 aliphatic rings. The van der Waals surface area contributed by atoms with Gasteiger partial charge in [-0.2, -0.15) is 0 Å². The zero-order valence-corrected chi connectivity index (χ0v) is 12.3. The van der Waals surface area contributed by atoms with E-state index in [1.54, 1.807) is 18.2 Å². The van der Waals surface area contributed by atoms with Crippen LogP contribution in [0.2, 0.25) is 5.02 Å². The van der Waals surface area contributed by atoms with Crippen LogP contribution in [0.4, 0.5) is 11.4 Å². The van der Waals surface area contributed by atoms with Crippen molar-refractivity contribution in [3.8, 4) is 0 Å². The highest BCUT2D eigenvalue weighted by Gasteiger charge is 2.23. The van der Waals surface area contributed by atoms with Crippen LogP contribution in [-0.2, 0) is 6.42 Å². The summed E-state index contributed by atoms with van der Waals surface area (Å²) in [4.78, 5) is 13.6. The average Bonchev–Trinajstić information content (AvgIpc) is 2.69. The van der Waals surface area contributed by atoms with Crippen molar-refractivity contribution in [3.63, 3.8) is 0 Å². The number of anilines is 2. The van der Waals surface area contributed by atoms with Gasteiger partial charge >= 0.3 is 5.97 Å². The number of aromatic carboxylic acids is 1. The van der Waals surface area contributed by atoms with Gasteiger partial charge in [0, 0.05) is 12.2 Å². The molecule has 21 heavy (non-hydrogen) atoms. The number of aryl methyl sites for hydroxylation is 1. The lowest BCUT2D eigenvalue weighted by Crippen LogP contribution is -2.21. The van der Waals surface area contributed by atoms with Crippen LogP contribution in [0.3, 0.4) is 0 Å². The lowest BCUT2D eigenvalue weighted by Gasteiger charge is -2.27. The van der Waals surface area contributed by atoms with E-state index in [4.69, 9.17) is 11.6 Å². The molecule has 0 saturated carbocycles. The first-order valence-electron chi connectivity index (χ1n) is 7.06. The second kappa shape index (κ2) is 5.78. The van der Waals surface area contributed by atoms with E-state index < -0.39 is 5.97 Å². The molecule has 0 fully saturated rings. The quantitative estimate of drug-likeness (QED) is 0.887. The molecule has 2 aromatic carbocycles. The first kappa shape index (κ1) is 14.0. The Bertz CT molecular complexity index is 684. The molecule has 1 heterocycles. The fourth-order valence-electron chi connectivity index (χ4n) is 2.89. The molecule has 0 atom stereocenters. The molecule has 2 aromatic rings. The Morgan fingerprint density at radius 3 is 2.71 bits per heavy atom. The zero-order valence-electron chi connectivity index (χ0n) is 11.6. The van der Waals surface area contributed by atoms with Crippen LogP contribution in [0, 0.1) is 0 Å². The number of carboxylic acid groups (broad SMARTS) is 1. The van der Waals surface area contributed by atoms with E-state index in [1.165, 1.54) is 5.56 Å². The van der Waals surface area contributed by atoms with Crippen molar-refractivity contribution >= 4 is 28.9 Å². The van der Waals surface area contributed by atoms with Crippen molar-refractivity contribution < 1.29 is 9.90 Å². The minimum absolute atomic E-state index is 0.249. The third-order valence-electron chi connectivity index (χ3n) is 3.85. The summed E-state index contributed by atoms with van der Waals surface area (Å²) < 4.78 is 0. The summed E-state index contributed by atoms with van der Waals surface area (Å²) in [7, 11) is 0. The maximum Gasteiger partial charge on any atom is 0.337 e. The van der Waals surface area contributed by atoms with Gasteiger partial charge in [-0.15, -0.1) is 0 Å². The topological polar surface area (TPSA) is 40.5 Å². The molecule has 0 aliphatic carbocycles. The Kier molecular flexibility index (Phi) is 3.84. The molecule has 0 bridgehead atoms. The number of carbonyl (C=O) groups is 1. The predicted molar refractivity (Wildman–Crippen MR) is 84.8 cm³/mol. The van der Waals surface area contributed by atoms with Crippen LogP contribution in [0.15, 0.2) is 42.5 Å². The smallest absolute Gasteiger partial charge is 0.337 e. The van der Waals surface area contributed by atoms with E-state index >= 15 is 0 Å². The number of benzene rings is 2. The minimum Gasteiger partial charge on any atom is -0.478 e. The lowest BCUT2D eigenvalue weighted by atomic mass is 10.1. The van der Waals surface area contributed by atoms with Gasteiger partial charge in [-0.25, -0.2) is 4.79 Å². The SMILES string of the molecule is O=C(O)c1cccc(Cl)c1N1CCCCc2ccccc21. The number of carboxylic acids is 1. The molecule has 1 N–H and O–H groups in total. The number of rotatable bonds is 2. The highest BCUT2D eigenvalue weighted by molar-refractivity contribution is 6.34. The summed E-state index contributed by atoms with van der Waals surface area (Å²) in [6, 6.07) is 13.2. The number of nitrogens with zero attached hydrogens (tertiary/aromatic N) is 1. The van der Waals surface area contributed by atoms with Crippen molar-refractivity contribution in [1.29, 1.82) is 0 Å². The van der Waals surface area contributed by atoms with Crippen LogP contribution in [0.5, 0.6) is 0 Å². The molecular formula is C17H16ClNO2. The Morgan fingerprint density at radius 1 is 1.10 bits per heavy atom. The second-order valence-electron chi connectivity index (χ2n) is 5.18. The molecule has 0 unspecified atom stereocenters. The van der Waals surface area contributed by atoms with Crippen molar-refractivity contribution in [2.24, 2.45) is 0 Å². The number of para-hydroxylation sites is 2. The molecule has 0 amide bonds. The summed E-state index contributed by atoms with van der Waals surface area (Å²) in [5, 5.41) is 9.93. The maximum atomic E-state index is 11.5. The van der Waals surface area contributed by atoms with Gasteiger partial charge in [0.15, 0.2) is 0 Å². The Morgan fingerprint density at radius 2 is 1.90 bits per heavy atom. The molecule has 0 spiro atoms. The summed E-state index contributed by atoms with van der Waals surface area (Å²) in [6.45, 7) is 0.779. The van der Waals surface area contributed by atoms with Gasteiger partial charge in [0.25, 0.3) is 0 Å². The standard InChI is InChI=1S/C17H16ClNO2/c18-14-9-5-8-13(17(20)21)16(14)19-11-4-3-7-12-6-1-2-10-15(12)19/h1-2,5-6,8-10H,3-4,7,11H2,(H,20,21). The normalized spacial score (nSPS) is 14.4. The Labute approximate surface area is 128 Å². The summed E-state index contributed by atoms with van der Waals surface area (Å²) in [6.07, 6.45) is 3.12. The van der Waals surface area contributed by atoms with Gasteiger partial charge in [0.2, 0.25) is 0 Å². The van der Waals surface area contributed by atoms with Crippen LogP contribution < -0.4 is 4.90 Å². The van der Waals surface area contributed by atoms with Crippen LogP contribution in [0.25, 0.3) is 0 Å². The molecule has 0 saturated heterocycles. The third kappa shape index (κ3) is 2.61. The fourth-order valence-corrected chi connectivity index (χ4v) is 3.16. The van der Waals surface area contributed by atoms with E-state index in [2.05, 4.69) is 6.07 Å². The first-order valence-corrected chi connectivity index (χ1v) is 7.43. The number of hydrogen-bond acceptors (Lipinski definition) is 2. The fraction of sp³-hybridized carbons (Fsp3) is 0.235.